The largest absolute Gasteiger partial charge is 0.338 e. The molecule has 26 heavy (non-hydrogen) atoms. The highest BCUT2D eigenvalue weighted by molar-refractivity contribution is 5.91. The number of urea groups is 1. The Morgan fingerprint density at radius 2 is 1.69 bits per heavy atom. The van der Waals surface area contributed by atoms with Crippen LogP contribution in [0.4, 0.5) is 10.5 Å². The number of amides is 3. The van der Waals surface area contributed by atoms with Gasteiger partial charge in [-0.2, -0.15) is 0 Å². The van der Waals surface area contributed by atoms with Crippen molar-refractivity contribution in [2.45, 2.75) is 13.0 Å². The number of aromatic nitrogens is 1. The molecule has 6 heteroatoms. The van der Waals surface area contributed by atoms with Crippen molar-refractivity contribution in [2.75, 3.05) is 11.9 Å². The molecule has 0 radical (unpaired) electrons. The van der Waals surface area contributed by atoms with E-state index in [1.54, 1.807) is 6.20 Å². The second kappa shape index (κ2) is 8.62. The Hall–Kier alpha value is -3.41. The lowest BCUT2D eigenvalue weighted by molar-refractivity contribution is -0.116. The molecule has 0 saturated carbocycles. The number of hydrogen-bond acceptors (Lipinski definition) is 3. The van der Waals surface area contributed by atoms with Gasteiger partial charge in [0.25, 0.3) is 0 Å². The molecule has 132 valence electrons. The van der Waals surface area contributed by atoms with Crippen LogP contribution in [-0.4, -0.2) is 23.5 Å². The molecule has 3 amide bonds. The zero-order valence-corrected chi connectivity index (χ0v) is 14.2. The molecule has 6 nitrogen and oxygen atoms in total. The number of carbonyl (C=O) groups is 2. The number of benzene rings is 2. The summed E-state index contributed by atoms with van der Waals surface area (Å²) in [5.74, 6) is -0.144. The zero-order valence-electron chi connectivity index (χ0n) is 14.2. The van der Waals surface area contributed by atoms with E-state index in [0.717, 1.165) is 22.2 Å². The minimum Gasteiger partial charge on any atom is -0.338 e. The Morgan fingerprint density at radius 3 is 2.54 bits per heavy atom. The number of pyridine rings is 1. The first-order chi connectivity index (χ1) is 12.7. The van der Waals surface area contributed by atoms with E-state index in [1.165, 1.54) is 0 Å². The monoisotopic (exact) mass is 348 g/mol. The lowest BCUT2D eigenvalue weighted by atomic mass is 10.1. The summed E-state index contributed by atoms with van der Waals surface area (Å²) < 4.78 is 0. The molecule has 0 saturated heterocycles. The van der Waals surface area contributed by atoms with E-state index in [0.29, 0.717) is 6.54 Å². The average molecular weight is 348 g/mol. The summed E-state index contributed by atoms with van der Waals surface area (Å²) in [5, 5.41) is 9.29. The first-order valence-corrected chi connectivity index (χ1v) is 8.41. The van der Waals surface area contributed by atoms with Crippen LogP contribution >= 0.6 is 0 Å². The van der Waals surface area contributed by atoms with Crippen LogP contribution in [0.5, 0.6) is 0 Å². The van der Waals surface area contributed by atoms with Crippen molar-refractivity contribution < 1.29 is 9.59 Å². The first kappa shape index (κ1) is 17.4. The van der Waals surface area contributed by atoms with Crippen LogP contribution in [0.2, 0.25) is 0 Å². The van der Waals surface area contributed by atoms with Crippen molar-refractivity contribution in [1.29, 1.82) is 0 Å². The van der Waals surface area contributed by atoms with Crippen LogP contribution in [0.15, 0.2) is 66.9 Å². The maximum atomic E-state index is 11.9. The molecule has 0 aliphatic heterocycles. The summed E-state index contributed by atoms with van der Waals surface area (Å²) in [6, 6.07) is 18.6. The molecule has 1 heterocycles. The van der Waals surface area contributed by atoms with E-state index in [4.69, 9.17) is 0 Å². The number of anilines is 1. The Labute approximate surface area is 151 Å². The molecular weight excluding hydrogens is 328 g/mol. The standard InChI is InChI=1S/C20H20N4O2/c25-18(24-17-9-2-1-3-10-17)11-13-22-20(26)23-14-16-7-4-6-15-8-5-12-21-19(15)16/h1-10,12H,11,13-14H2,(H,24,25)(H2,22,23,26). The average Bonchev–Trinajstić information content (AvgIpc) is 2.67. The minimum absolute atomic E-state index is 0.144. The third kappa shape index (κ3) is 4.80. The fraction of sp³-hybridized carbons (Fsp3) is 0.150. The van der Waals surface area contributed by atoms with Crippen molar-refractivity contribution in [2.24, 2.45) is 0 Å². The summed E-state index contributed by atoms with van der Waals surface area (Å²) in [5.41, 5.74) is 2.56. The second-order valence-corrected chi connectivity index (χ2v) is 5.77. The zero-order chi connectivity index (χ0) is 18.2. The fourth-order valence-corrected chi connectivity index (χ4v) is 2.58. The summed E-state index contributed by atoms with van der Waals surface area (Å²) >= 11 is 0. The van der Waals surface area contributed by atoms with Crippen LogP contribution in [0, 0.1) is 0 Å². The fourth-order valence-electron chi connectivity index (χ4n) is 2.58. The number of hydrogen-bond donors (Lipinski definition) is 3. The quantitative estimate of drug-likeness (QED) is 0.640. The Morgan fingerprint density at radius 1 is 0.885 bits per heavy atom. The molecule has 0 fully saturated rings. The van der Waals surface area contributed by atoms with Crippen molar-refractivity contribution in [1.82, 2.24) is 15.6 Å². The number of nitrogens with one attached hydrogen (secondary N) is 3. The van der Waals surface area contributed by atoms with Crippen LogP contribution in [0.1, 0.15) is 12.0 Å². The van der Waals surface area contributed by atoms with E-state index < -0.39 is 0 Å². The van der Waals surface area contributed by atoms with Gasteiger partial charge in [-0.1, -0.05) is 42.5 Å². The summed E-state index contributed by atoms with van der Waals surface area (Å²) in [6.45, 7) is 0.634. The molecule has 0 atom stereocenters. The predicted molar refractivity (Wildman–Crippen MR) is 102 cm³/mol. The number of carbonyl (C=O) groups excluding carboxylic acids is 2. The highest BCUT2D eigenvalue weighted by Gasteiger charge is 2.06. The maximum absolute atomic E-state index is 11.9. The molecule has 0 spiro atoms. The highest BCUT2D eigenvalue weighted by Crippen LogP contribution is 2.15. The lowest BCUT2D eigenvalue weighted by Gasteiger charge is -2.09. The van der Waals surface area contributed by atoms with Gasteiger partial charge in [0, 0.05) is 36.8 Å². The summed E-state index contributed by atoms with van der Waals surface area (Å²) in [6.07, 6.45) is 1.94. The van der Waals surface area contributed by atoms with Crippen molar-refractivity contribution >= 4 is 28.5 Å². The second-order valence-electron chi connectivity index (χ2n) is 5.77. The molecule has 0 bridgehead atoms. The van der Waals surface area contributed by atoms with E-state index in [1.807, 2.05) is 60.7 Å². The topological polar surface area (TPSA) is 83.1 Å². The normalized spacial score (nSPS) is 10.3. The third-order valence-corrected chi connectivity index (χ3v) is 3.85. The van der Waals surface area contributed by atoms with E-state index in [2.05, 4.69) is 20.9 Å². The van der Waals surface area contributed by atoms with Gasteiger partial charge < -0.3 is 16.0 Å². The molecule has 0 unspecified atom stereocenters. The molecule has 3 aromatic rings. The third-order valence-electron chi connectivity index (χ3n) is 3.85. The van der Waals surface area contributed by atoms with Gasteiger partial charge >= 0.3 is 6.03 Å². The van der Waals surface area contributed by atoms with Gasteiger partial charge in [0.05, 0.1) is 5.52 Å². The maximum Gasteiger partial charge on any atom is 0.315 e. The Bertz CT molecular complexity index is 891. The van der Waals surface area contributed by atoms with Crippen molar-refractivity contribution in [3.8, 4) is 0 Å². The highest BCUT2D eigenvalue weighted by atomic mass is 16.2. The van der Waals surface area contributed by atoms with Gasteiger partial charge in [-0.25, -0.2) is 4.79 Å². The van der Waals surface area contributed by atoms with Crippen molar-refractivity contribution in [3.63, 3.8) is 0 Å². The van der Waals surface area contributed by atoms with Gasteiger partial charge in [-0.05, 0) is 23.8 Å². The van der Waals surface area contributed by atoms with Gasteiger partial charge in [0.1, 0.15) is 0 Å². The SMILES string of the molecule is O=C(CCNC(=O)NCc1cccc2cccnc12)Nc1ccccc1. The van der Waals surface area contributed by atoms with E-state index >= 15 is 0 Å². The molecule has 3 N–H and O–H groups in total. The molecule has 0 aliphatic rings. The van der Waals surface area contributed by atoms with E-state index in [-0.39, 0.29) is 24.9 Å². The van der Waals surface area contributed by atoms with Gasteiger partial charge in [-0.3, -0.25) is 9.78 Å². The first-order valence-electron chi connectivity index (χ1n) is 8.41. The van der Waals surface area contributed by atoms with Crippen LogP contribution < -0.4 is 16.0 Å². The van der Waals surface area contributed by atoms with Gasteiger partial charge in [-0.15, -0.1) is 0 Å². The van der Waals surface area contributed by atoms with Gasteiger partial charge in [0.2, 0.25) is 5.91 Å². The summed E-state index contributed by atoms with van der Waals surface area (Å²) in [4.78, 5) is 28.1. The Kier molecular flexibility index (Phi) is 5.77. The van der Waals surface area contributed by atoms with E-state index in [9.17, 15) is 9.59 Å². The molecule has 2 aromatic carbocycles. The lowest BCUT2D eigenvalue weighted by Crippen LogP contribution is -2.36. The van der Waals surface area contributed by atoms with Crippen LogP contribution in [-0.2, 0) is 11.3 Å². The number of nitrogens with zero attached hydrogens (tertiary/aromatic N) is 1. The number of fused-ring (bicyclic) bond motifs is 1. The molecule has 1 aromatic heterocycles. The molecule has 0 aliphatic carbocycles. The van der Waals surface area contributed by atoms with Gasteiger partial charge in [0.15, 0.2) is 0 Å². The Balaban J connectivity index is 1.42. The predicted octanol–water partition coefficient (Wildman–Crippen LogP) is 3.06. The van der Waals surface area contributed by atoms with Crippen LogP contribution in [0.25, 0.3) is 10.9 Å². The smallest absolute Gasteiger partial charge is 0.315 e. The van der Waals surface area contributed by atoms with Crippen LogP contribution in [0.3, 0.4) is 0 Å². The molecule has 3 rings (SSSR count). The number of para-hydroxylation sites is 2. The minimum atomic E-state index is -0.314. The number of rotatable bonds is 6. The van der Waals surface area contributed by atoms with Crippen molar-refractivity contribution in [3.05, 3.63) is 72.4 Å². The summed E-state index contributed by atoms with van der Waals surface area (Å²) in [7, 11) is 0. The molecular formula is C20H20N4O2.